The lowest BCUT2D eigenvalue weighted by Gasteiger charge is -2.05. The van der Waals surface area contributed by atoms with Crippen LogP contribution in [0.2, 0.25) is 0 Å². The van der Waals surface area contributed by atoms with E-state index in [0.29, 0.717) is 0 Å². The Morgan fingerprint density at radius 2 is 1.71 bits per heavy atom. The lowest BCUT2D eigenvalue weighted by Crippen LogP contribution is -2.13. The molecule has 3 heteroatoms. The van der Waals surface area contributed by atoms with Crippen LogP contribution in [0.3, 0.4) is 0 Å². The fraction of sp³-hybridized carbons (Fsp3) is 0.0714. The Hall–Kier alpha value is -1.80. The summed E-state index contributed by atoms with van der Waals surface area (Å²) >= 11 is 0. The summed E-state index contributed by atoms with van der Waals surface area (Å²) in [6.07, 6.45) is 0.890. The maximum atomic E-state index is 7.59. The van der Waals surface area contributed by atoms with E-state index >= 15 is 0 Å². The van der Waals surface area contributed by atoms with Gasteiger partial charge in [-0.15, -0.1) is 12.4 Å². The van der Waals surface area contributed by atoms with Crippen molar-refractivity contribution in [3.63, 3.8) is 0 Å². The second kappa shape index (κ2) is 4.22. The van der Waals surface area contributed by atoms with Gasteiger partial charge in [-0.1, -0.05) is 42.5 Å². The van der Waals surface area contributed by atoms with Gasteiger partial charge in [0.1, 0.15) is 5.84 Å². The van der Waals surface area contributed by atoms with E-state index in [0.717, 1.165) is 12.0 Å². The van der Waals surface area contributed by atoms with Gasteiger partial charge in [-0.2, -0.15) is 0 Å². The smallest absolute Gasteiger partial charge is 0.123 e. The highest BCUT2D eigenvalue weighted by atomic mass is 35.5. The Kier molecular flexibility index (Phi) is 2.90. The van der Waals surface area contributed by atoms with Crippen LogP contribution in [0.15, 0.2) is 42.5 Å². The molecule has 0 saturated carbocycles. The molecule has 17 heavy (non-hydrogen) atoms. The zero-order valence-electron chi connectivity index (χ0n) is 9.23. The van der Waals surface area contributed by atoms with Crippen LogP contribution in [0.25, 0.3) is 11.1 Å². The van der Waals surface area contributed by atoms with E-state index in [4.69, 9.17) is 11.1 Å². The molecule has 0 amide bonds. The first kappa shape index (κ1) is 11.7. The van der Waals surface area contributed by atoms with Gasteiger partial charge in [0, 0.05) is 5.56 Å². The molecule has 86 valence electrons. The van der Waals surface area contributed by atoms with Gasteiger partial charge >= 0.3 is 0 Å². The Bertz CT molecular complexity index is 591. The van der Waals surface area contributed by atoms with Crippen LogP contribution in [0.1, 0.15) is 16.7 Å². The topological polar surface area (TPSA) is 49.9 Å². The summed E-state index contributed by atoms with van der Waals surface area (Å²) in [6, 6.07) is 14.4. The summed E-state index contributed by atoms with van der Waals surface area (Å²) in [5.41, 5.74) is 11.5. The number of hydrogen-bond acceptors (Lipinski definition) is 1. The van der Waals surface area contributed by atoms with E-state index < -0.39 is 0 Å². The molecule has 0 radical (unpaired) electrons. The van der Waals surface area contributed by atoms with Gasteiger partial charge in [0.25, 0.3) is 0 Å². The average molecular weight is 245 g/mol. The van der Waals surface area contributed by atoms with E-state index in [9.17, 15) is 0 Å². The minimum absolute atomic E-state index is 0. The maximum absolute atomic E-state index is 7.59. The van der Waals surface area contributed by atoms with Crippen LogP contribution in [-0.4, -0.2) is 5.84 Å². The number of hydrogen-bond donors (Lipinski definition) is 2. The maximum Gasteiger partial charge on any atom is 0.123 e. The number of amidine groups is 1. The minimum atomic E-state index is 0. The van der Waals surface area contributed by atoms with Crippen LogP contribution < -0.4 is 5.73 Å². The number of rotatable bonds is 1. The SMILES string of the molecule is Cl.N=C(N)c1cccc2c1Cc1ccccc1-2. The molecule has 3 rings (SSSR count). The molecule has 3 N–H and O–H groups in total. The quantitative estimate of drug-likeness (QED) is 0.502. The fourth-order valence-corrected chi connectivity index (χ4v) is 2.41. The first-order valence-corrected chi connectivity index (χ1v) is 5.32. The van der Waals surface area contributed by atoms with E-state index in [1.54, 1.807) is 0 Å². The third-order valence-corrected chi connectivity index (χ3v) is 3.14. The molecule has 2 nitrogen and oxygen atoms in total. The lowest BCUT2D eigenvalue weighted by molar-refractivity contribution is 1.24. The summed E-state index contributed by atoms with van der Waals surface area (Å²) < 4.78 is 0. The van der Waals surface area contributed by atoms with Crippen molar-refractivity contribution in [2.24, 2.45) is 5.73 Å². The molecule has 0 aliphatic heterocycles. The summed E-state index contributed by atoms with van der Waals surface area (Å²) in [5.74, 6) is 0.157. The molecule has 0 heterocycles. The van der Waals surface area contributed by atoms with Crippen molar-refractivity contribution in [2.75, 3.05) is 0 Å². The van der Waals surface area contributed by atoms with E-state index in [-0.39, 0.29) is 18.2 Å². The third-order valence-electron chi connectivity index (χ3n) is 3.14. The van der Waals surface area contributed by atoms with Crippen LogP contribution in [0, 0.1) is 5.41 Å². The van der Waals surface area contributed by atoms with Crippen LogP contribution in [-0.2, 0) is 6.42 Å². The summed E-state index contributed by atoms with van der Waals surface area (Å²) in [7, 11) is 0. The summed E-state index contributed by atoms with van der Waals surface area (Å²) in [6.45, 7) is 0. The van der Waals surface area contributed by atoms with Gasteiger partial charge in [0.05, 0.1) is 0 Å². The van der Waals surface area contributed by atoms with Gasteiger partial charge in [-0.25, -0.2) is 0 Å². The molecular formula is C14H13ClN2. The van der Waals surface area contributed by atoms with E-state index in [1.807, 2.05) is 18.2 Å². The number of nitrogens with one attached hydrogen (secondary N) is 1. The van der Waals surface area contributed by atoms with Crippen molar-refractivity contribution in [3.8, 4) is 11.1 Å². The minimum Gasteiger partial charge on any atom is -0.384 e. The third kappa shape index (κ3) is 1.71. The van der Waals surface area contributed by atoms with Crippen molar-refractivity contribution in [3.05, 3.63) is 59.2 Å². The normalized spacial score (nSPS) is 11.3. The average Bonchev–Trinajstić information content (AvgIpc) is 2.67. The number of nitrogens with two attached hydrogens (primary N) is 1. The summed E-state index contributed by atoms with van der Waals surface area (Å²) in [4.78, 5) is 0. The Morgan fingerprint density at radius 3 is 2.47 bits per heavy atom. The molecule has 0 saturated heterocycles. The Balaban J connectivity index is 0.00000108. The van der Waals surface area contributed by atoms with E-state index in [2.05, 4.69) is 24.3 Å². The summed E-state index contributed by atoms with van der Waals surface area (Å²) in [5, 5.41) is 7.59. The van der Waals surface area contributed by atoms with Gasteiger partial charge in [0.15, 0.2) is 0 Å². The largest absolute Gasteiger partial charge is 0.384 e. The number of fused-ring (bicyclic) bond motifs is 3. The predicted octanol–water partition coefficient (Wildman–Crippen LogP) is 2.96. The van der Waals surface area contributed by atoms with Crippen LogP contribution in [0.4, 0.5) is 0 Å². The van der Waals surface area contributed by atoms with Gasteiger partial charge < -0.3 is 5.73 Å². The second-order valence-corrected chi connectivity index (χ2v) is 4.08. The number of halogens is 1. The molecule has 2 aromatic carbocycles. The first-order chi connectivity index (χ1) is 7.77. The number of nitrogen functional groups attached to an aromatic ring is 1. The van der Waals surface area contributed by atoms with Crippen molar-refractivity contribution in [1.29, 1.82) is 5.41 Å². The fourth-order valence-electron chi connectivity index (χ4n) is 2.41. The standard InChI is InChI=1S/C14H12N2.ClH/c15-14(16)12-7-3-6-11-10-5-2-1-4-9(10)8-13(11)12;/h1-7H,8H2,(H3,15,16);1H. The Morgan fingerprint density at radius 1 is 1.00 bits per heavy atom. The molecule has 0 bridgehead atoms. The molecule has 1 aliphatic rings. The molecule has 1 aliphatic carbocycles. The lowest BCUT2D eigenvalue weighted by atomic mass is 10.0. The zero-order valence-corrected chi connectivity index (χ0v) is 10.1. The molecule has 0 spiro atoms. The monoisotopic (exact) mass is 244 g/mol. The van der Waals surface area contributed by atoms with Gasteiger partial charge in [0.2, 0.25) is 0 Å². The van der Waals surface area contributed by atoms with Crippen molar-refractivity contribution in [2.45, 2.75) is 6.42 Å². The molecule has 2 aromatic rings. The highest BCUT2D eigenvalue weighted by molar-refractivity contribution is 5.99. The van der Waals surface area contributed by atoms with Crippen molar-refractivity contribution in [1.82, 2.24) is 0 Å². The van der Waals surface area contributed by atoms with Crippen LogP contribution >= 0.6 is 12.4 Å². The molecule has 0 unspecified atom stereocenters. The number of benzene rings is 2. The molecule has 0 aromatic heterocycles. The van der Waals surface area contributed by atoms with Gasteiger partial charge in [-0.3, -0.25) is 5.41 Å². The second-order valence-electron chi connectivity index (χ2n) is 4.08. The highest BCUT2D eigenvalue weighted by Gasteiger charge is 2.20. The van der Waals surface area contributed by atoms with Crippen LogP contribution in [0.5, 0.6) is 0 Å². The van der Waals surface area contributed by atoms with E-state index in [1.165, 1.54) is 22.3 Å². The first-order valence-electron chi connectivity index (χ1n) is 5.32. The zero-order chi connectivity index (χ0) is 11.1. The molecular weight excluding hydrogens is 232 g/mol. The molecule has 0 atom stereocenters. The molecule has 0 fully saturated rings. The van der Waals surface area contributed by atoms with Crippen molar-refractivity contribution >= 4 is 18.2 Å². The van der Waals surface area contributed by atoms with Gasteiger partial charge in [-0.05, 0) is 28.7 Å². The van der Waals surface area contributed by atoms with Crippen molar-refractivity contribution < 1.29 is 0 Å². The highest BCUT2D eigenvalue weighted by Crippen LogP contribution is 2.37. The predicted molar refractivity (Wildman–Crippen MR) is 72.9 cm³/mol. The Labute approximate surface area is 106 Å².